The Labute approximate surface area is 169 Å². The Hall–Kier alpha value is -2.53. The lowest BCUT2D eigenvalue weighted by Gasteiger charge is -2.36. The van der Waals surface area contributed by atoms with E-state index in [0.717, 1.165) is 40.7 Å². The third kappa shape index (κ3) is 4.30. The fourth-order valence-corrected chi connectivity index (χ4v) is 3.92. The van der Waals surface area contributed by atoms with Gasteiger partial charge in [0.05, 0.1) is 13.0 Å². The maximum atomic E-state index is 12.5. The Morgan fingerprint density at radius 2 is 1.68 bits per heavy atom. The highest BCUT2D eigenvalue weighted by Gasteiger charge is 2.22. The Balaban J connectivity index is 1.22. The van der Waals surface area contributed by atoms with Gasteiger partial charge in [0, 0.05) is 49.7 Å². The first-order valence-corrected chi connectivity index (χ1v) is 10.0. The molecule has 28 heavy (non-hydrogen) atoms. The molecular weight excluding hydrogens is 376 g/mol. The van der Waals surface area contributed by atoms with Gasteiger partial charge in [-0.1, -0.05) is 17.7 Å². The molecule has 0 aromatic heterocycles. The highest BCUT2D eigenvalue weighted by atomic mass is 35.5. The third-order valence-electron chi connectivity index (χ3n) is 5.36. The summed E-state index contributed by atoms with van der Waals surface area (Å²) in [4.78, 5) is 28.2. The first kappa shape index (κ1) is 18.8. The largest absolute Gasteiger partial charge is 0.493 e. The van der Waals surface area contributed by atoms with Crippen molar-refractivity contribution in [1.29, 1.82) is 0 Å². The second-order valence-corrected chi connectivity index (χ2v) is 7.70. The Kier molecular flexibility index (Phi) is 5.53. The van der Waals surface area contributed by atoms with Gasteiger partial charge in [-0.25, -0.2) is 0 Å². The number of fused-ring (bicyclic) bond motifs is 1. The van der Waals surface area contributed by atoms with Gasteiger partial charge in [-0.05, 0) is 47.5 Å². The number of ether oxygens (including phenoxy) is 1. The summed E-state index contributed by atoms with van der Waals surface area (Å²) >= 11 is 5.94. The van der Waals surface area contributed by atoms with Gasteiger partial charge in [0.1, 0.15) is 11.5 Å². The number of hydrogen-bond acceptors (Lipinski definition) is 4. The molecule has 0 radical (unpaired) electrons. The molecular formula is C22H23ClN2O3. The normalized spacial score (nSPS) is 16.2. The number of rotatable bonds is 5. The van der Waals surface area contributed by atoms with E-state index < -0.39 is 0 Å². The average molecular weight is 399 g/mol. The van der Waals surface area contributed by atoms with E-state index in [2.05, 4.69) is 4.90 Å². The Morgan fingerprint density at radius 3 is 2.43 bits per heavy atom. The van der Waals surface area contributed by atoms with E-state index in [1.807, 2.05) is 47.4 Å². The van der Waals surface area contributed by atoms with Gasteiger partial charge in [-0.15, -0.1) is 0 Å². The Bertz CT molecular complexity index is 874. The van der Waals surface area contributed by atoms with Gasteiger partial charge in [0.15, 0.2) is 0 Å². The number of ketones is 1. The second-order valence-electron chi connectivity index (χ2n) is 7.27. The molecule has 6 heteroatoms. The van der Waals surface area contributed by atoms with Crippen molar-refractivity contribution in [1.82, 2.24) is 4.90 Å². The average Bonchev–Trinajstić information content (AvgIpc) is 3.08. The molecule has 2 aliphatic rings. The SMILES string of the molecule is O=C1Cc2ccc(OCCC(=O)N3CCN(c4ccc(Cl)cc4)CC3)cc2C1. The molecule has 1 amide bonds. The van der Waals surface area contributed by atoms with Crippen LogP contribution in [0.25, 0.3) is 0 Å². The minimum absolute atomic E-state index is 0.118. The van der Waals surface area contributed by atoms with Gasteiger partial charge in [0.2, 0.25) is 5.91 Å². The summed E-state index contributed by atoms with van der Waals surface area (Å²) in [6.07, 6.45) is 1.37. The third-order valence-corrected chi connectivity index (χ3v) is 5.61. The van der Waals surface area contributed by atoms with Gasteiger partial charge in [0.25, 0.3) is 0 Å². The molecule has 4 rings (SSSR count). The molecule has 1 aliphatic carbocycles. The van der Waals surface area contributed by atoms with Crippen molar-refractivity contribution in [2.45, 2.75) is 19.3 Å². The molecule has 0 spiro atoms. The number of Topliss-reactive ketones (excluding diaryl/α,β-unsaturated/α-hetero) is 1. The van der Waals surface area contributed by atoms with Crippen LogP contribution in [0.1, 0.15) is 17.5 Å². The number of nitrogens with zero attached hydrogens (tertiary/aromatic N) is 2. The van der Waals surface area contributed by atoms with Crippen LogP contribution in [0.3, 0.4) is 0 Å². The van der Waals surface area contributed by atoms with Crippen molar-refractivity contribution < 1.29 is 14.3 Å². The number of anilines is 1. The van der Waals surface area contributed by atoms with E-state index in [-0.39, 0.29) is 11.7 Å². The summed E-state index contributed by atoms with van der Waals surface area (Å²) in [6.45, 7) is 3.40. The van der Waals surface area contributed by atoms with Crippen LogP contribution in [-0.2, 0) is 22.4 Å². The van der Waals surface area contributed by atoms with E-state index in [4.69, 9.17) is 16.3 Å². The summed E-state index contributed by atoms with van der Waals surface area (Å²) in [5, 5.41) is 0.729. The van der Waals surface area contributed by atoms with Crippen LogP contribution < -0.4 is 9.64 Å². The van der Waals surface area contributed by atoms with Crippen molar-refractivity contribution in [3.8, 4) is 5.75 Å². The maximum absolute atomic E-state index is 12.5. The maximum Gasteiger partial charge on any atom is 0.226 e. The zero-order chi connectivity index (χ0) is 19.5. The van der Waals surface area contributed by atoms with Crippen LogP contribution in [0.2, 0.25) is 5.02 Å². The summed E-state index contributed by atoms with van der Waals surface area (Å²) in [5.74, 6) is 1.10. The van der Waals surface area contributed by atoms with E-state index in [1.54, 1.807) is 0 Å². The summed E-state index contributed by atoms with van der Waals surface area (Å²) in [6, 6.07) is 13.6. The van der Waals surface area contributed by atoms with Crippen LogP contribution in [0.4, 0.5) is 5.69 Å². The number of amides is 1. The predicted molar refractivity (Wildman–Crippen MR) is 109 cm³/mol. The monoisotopic (exact) mass is 398 g/mol. The van der Waals surface area contributed by atoms with Gasteiger partial charge >= 0.3 is 0 Å². The van der Waals surface area contributed by atoms with E-state index in [0.29, 0.717) is 39.0 Å². The van der Waals surface area contributed by atoms with Crippen LogP contribution in [-0.4, -0.2) is 49.4 Å². The molecule has 1 aliphatic heterocycles. The molecule has 0 N–H and O–H groups in total. The number of piperazine rings is 1. The molecule has 146 valence electrons. The molecule has 0 unspecified atom stereocenters. The van der Waals surface area contributed by atoms with Crippen LogP contribution >= 0.6 is 11.6 Å². The number of carbonyl (C=O) groups is 2. The van der Waals surface area contributed by atoms with E-state index >= 15 is 0 Å². The zero-order valence-electron chi connectivity index (χ0n) is 15.7. The smallest absolute Gasteiger partial charge is 0.226 e. The zero-order valence-corrected chi connectivity index (χ0v) is 16.5. The minimum atomic E-state index is 0.118. The number of hydrogen-bond donors (Lipinski definition) is 0. The summed E-state index contributed by atoms with van der Waals surface area (Å²) in [5.41, 5.74) is 3.27. The molecule has 1 fully saturated rings. The predicted octanol–water partition coefficient (Wildman–Crippen LogP) is 3.13. The molecule has 0 bridgehead atoms. The van der Waals surface area contributed by atoms with Crippen molar-refractivity contribution in [2.75, 3.05) is 37.7 Å². The lowest BCUT2D eigenvalue weighted by Crippen LogP contribution is -2.49. The van der Waals surface area contributed by atoms with E-state index in [1.165, 1.54) is 0 Å². The van der Waals surface area contributed by atoms with Gasteiger partial charge < -0.3 is 14.5 Å². The lowest BCUT2D eigenvalue weighted by atomic mass is 10.1. The van der Waals surface area contributed by atoms with Crippen molar-refractivity contribution in [2.24, 2.45) is 0 Å². The molecule has 0 atom stereocenters. The first-order chi connectivity index (χ1) is 13.6. The number of halogens is 1. The van der Waals surface area contributed by atoms with Crippen molar-refractivity contribution >= 4 is 29.0 Å². The standard InChI is InChI=1S/C22H23ClN2O3/c23-18-2-4-19(5-3-18)24-8-10-25(11-9-24)22(27)7-12-28-21-6-1-16-13-20(26)14-17(16)15-21/h1-6,15H,7-14H2. The van der Waals surface area contributed by atoms with Gasteiger partial charge in [-0.3, -0.25) is 9.59 Å². The van der Waals surface area contributed by atoms with Crippen LogP contribution in [0.5, 0.6) is 5.75 Å². The number of benzene rings is 2. The van der Waals surface area contributed by atoms with Crippen molar-refractivity contribution in [3.63, 3.8) is 0 Å². The van der Waals surface area contributed by atoms with Crippen LogP contribution in [0.15, 0.2) is 42.5 Å². The fraction of sp³-hybridized carbons (Fsp3) is 0.364. The molecule has 2 aromatic carbocycles. The lowest BCUT2D eigenvalue weighted by molar-refractivity contribution is -0.132. The topological polar surface area (TPSA) is 49.9 Å². The molecule has 1 heterocycles. The fourth-order valence-electron chi connectivity index (χ4n) is 3.80. The second kappa shape index (κ2) is 8.23. The van der Waals surface area contributed by atoms with E-state index in [9.17, 15) is 9.59 Å². The Morgan fingerprint density at radius 1 is 0.964 bits per heavy atom. The van der Waals surface area contributed by atoms with Crippen molar-refractivity contribution in [3.05, 3.63) is 58.6 Å². The highest BCUT2D eigenvalue weighted by molar-refractivity contribution is 6.30. The minimum Gasteiger partial charge on any atom is -0.493 e. The summed E-state index contributed by atoms with van der Waals surface area (Å²) in [7, 11) is 0. The molecule has 5 nitrogen and oxygen atoms in total. The summed E-state index contributed by atoms with van der Waals surface area (Å²) < 4.78 is 5.75. The first-order valence-electron chi connectivity index (χ1n) is 9.63. The van der Waals surface area contributed by atoms with Crippen LogP contribution in [0, 0.1) is 0 Å². The highest BCUT2D eigenvalue weighted by Crippen LogP contribution is 2.24. The van der Waals surface area contributed by atoms with Gasteiger partial charge in [-0.2, -0.15) is 0 Å². The molecule has 1 saturated heterocycles. The molecule has 2 aromatic rings. The number of carbonyl (C=O) groups excluding carboxylic acids is 2. The molecule has 0 saturated carbocycles. The quantitative estimate of drug-likeness (QED) is 0.776.